The Balaban J connectivity index is 2.00. The molecule has 3 N–H and O–H groups in total. The first kappa shape index (κ1) is 20.5. The number of anilines is 1. The van der Waals surface area contributed by atoms with Crippen LogP contribution < -0.4 is 10.6 Å². The highest BCUT2D eigenvalue weighted by atomic mass is 19.1. The van der Waals surface area contributed by atoms with Crippen molar-refractivity contribution in [2.24, 2.45) is 0 Å². The number of hydrogen-bond donors (Lipinski definition) is 3. The fraction of sp³-hybridized carbons (Fsp3) is 0.389. The lowest BCUT2D eigenvalue weighted by atomic mass is 10.1. The van der Waals surface area contributed by atoms with Crippen LogP contribution in [0.1, 0.15) is 44.1 Å². The quantitative estimate of drug-likeness (QED) is 0.652. The summed E-state index contributed by atoms with van der Waals surface area (Å²) in [6, 6.07) is 3.36. The van der Waals surface area contributed by atoms with Crippen LogP contribution in [0.25, 0.3) is 0 Å². The Kier molecular flexibility index (Phi) is 7.00. The van der Waals surface area contributed by atoms with E-state index in [9.17, 15) is 23.5 Å². The van der Waals surface area contributed by atoms with Gasteiger partial charge in [0.25, 0.3) is 0 Å². The summed E-state index contributed by atoms with van der Waals surface area (Å²) in [4.78, 5) is 24.6. The van der Waals surface area contributed by atoms with Crippen LogP contribution in [0.3, 0.4) is 0 Å². The number of hydrogen-bond acceptors (Lipinski definition) is 5. The zero-order valence-corrected chi connectivity index (χ0v) is 15.0. The molecule has 2 aromatic rings. The van der Waals surface area contributed by atoms with Gasteiger partial charge in [-0.15, -0.1) is 0 Å². The molecule has 0 aliphatic heterocycles. The van der Waals surface area contributed by atoms with Crippen LogP contribution >= 0.6 is 0 Å². The van der Waals surface area contributed by atoms with E-state index in [4.69, 9.17) is 4.52 Å². The largest absolute Gasteiger partial charge is 0.385 e. The summed E-state index contributed by atoms with van der Waals surface area (Å²) < 4.78 is 31.3. The molecule has 0 aliphatic carbocycles. The number of carbonyl (C=O) groups is 2. The number of aromatic nitrogens is 1. The molecule has 0 radical (unpaired) electrons. The second kappa shape index (κ2) is 9.22. The fourth-order valence-electron chi connectivity index (χ4n) is 2.46. The Morgan fingerprint density at radius 2 is 1.89 bits per heavy atom. The van der Waals surface area contributed by atoms with Crippen molar-refractivity contribution in [1.29, 1.82) is 0 Å². The SMILES string of the molecule is CCCC(NC(=O)Cc1cc(F)cc(F)c1)C(=O)Nc1cc(C(C)O)on1. The smallest absolute Gasteiger partial charge is 0.248 e. The van der Waals surface area contributed by atoms with Gasteiger partial charge in [0.2, 0.25) is 11.8 Å². The molecule has 2 amide bonds. The Morgan fingerprint density at radius 3 is 2.44 bits per heavy atom. The number of benzene rings is 1. The molecule has 0 saturated heterocycles. The molecular weight excluding hydrogens is 360 g/mol. The Bertz CT molecular complexity index is 787. The van der Waals surface area contributed by atoms with Gasteiger partial charge in [-0.05, 0) is 31.0 Å². The van der Waals surface area contributed by atoms with Gasteiger partial charge in [-0.1, -0.05) is 18.5 Å². The summed E-state index contributed by atoms with van der Waals surface area (Å²) in [5, 5.41) is 18.1. The van der Waals surface area contributed by atoms with Crippen LogP contribution in [0.4, 0.5) is 14.6 Å². The number of aliphatic hydroxyl groups excluding tert-OH is 1. The molecular formula is C18H21F2N3O4. The predicted octanol–water partition coefficient (Wildman–Crippen LogP) is 2.47. The van der Waals surface area contributed by atoms with E-state index in [0.717, 1.165) is 12.1 Å². The van der Waals surface area contributed by atoms with Crippen molar-refractivity contribution < 1.29 is 28.0 Å². The maximum atomic E-state index is 13.2. The molecule has 0 spiro atoms. The first-order chi connectivity index (χ1) is 12.8. The van der Waals surface area contributed by atoms with Crippen LogP contribution in [0.15, 0.2) is 28.8 Å². The third kappa shape index (κ3) is 6.14. The number of carbonyl (C=O) groups excluding carboxylic acids is 2. The van der Waals surface area contributed by atoms with Gasteiger partial charge in [-0.3, -0.25) is 9.59 Å². The average Bonchev–Trinajstić information content (AvgIpc) is 3.02. The topological polar surface area (TPSA) is 104 Å². The first-order valence-corrected chi connectivity index (χ1v) is 8.48. The Morgan fingerprint density at radius 1 is 1.22 bits per heavy atom. The van der Waals surface area contributed by atoms with Crippen LogP contribution in [0.2, 0.25) is 0 Å². The zero-order valence-electron chi connectivity index (χ0n) is 15.0. The van der Waals surface area contributed by atoms with Gasteiger partial charge in [0.05, 0.1) is 6.42 Å². The lowest BCUT2D eigenvalue weighted by Gasteiger charge is -2.17. The van der Waals surface area contributed by atoms with Gasteiger partial charge in [0.15, 0.2) is 11.6 Å². The summed E-state index contributed by atoms with van der Waals surface area (Å²) in [5.74, 6) is -2.31. The molecule has 2 atom stereocenters. The second-order valence-electron chi connectivity index (χ2n) is 6.14. The normalized spacial score (nSPS) is 13.1. The van der Waals surface area contributed by atoms with Gasteiger partial charge in [0, 0.05) is 12.1 Å². The molecule has 0 bridgehead atoms. The lowest BCUT2D eigenvalue weighted by molar-refractivity contribution is -0.126. The highest BCUT2D eigenvalue weighted by molar-refractivity contribution is 5.96. The van der Waals surface area contributed by atoms with Crippen molar-refractivity contribution in [1.82, 2.24) is 10.5 Å². The summed E-state index contributed by atoms with van der Waals surface area (Å²) in [6.45, 7) is 3.33. The van der Waals surface area contributed by atoms with Crippen LogP contribution in [0, 0.1) is 11.6 Å². The van der Waals surface area contributed by atoms with Crippen molar-refractivity contribution in [2.45, 2.75) is 45.3 Å². The van der Waals surface area contributed by atoms with E-state index in [1.165, 1.54) is 13.0 Å². The molecule has 1 aromatic heterocycles. The number of nitrogens with zero attached hydrogens (tertiary/aromatic N) is 1. The minimum absolute atomic E-state index is 0.110. The number of nitrogens with one attached hydrogen (secondary N) is 2. The standard InChI is InChI=1S/C18H21F2N3O4/c1-3-4-14(18(26)22-16-9-15(10(2)24)27-23-16)21-17(25)7-11-5-12(19)8-13(20)6-11/h5-6,8-10,14,24H,3-4,7H2,1-2H3,(H,21,25)(H,22,23,26). The highest BCUT2D eigenvalue weighted by Crippen LogP contribution is 2.16. The van der Waals surface area contributed by atoms with Crippen molar-refractivity contribution in [3.8, 4) is 0 Å². The van der Waals surface area contributed by atoms with Gasteiger partial charge in [-0.2, -0.15) is 0 Å². The summed E-state index contributed by atoms with van der Waals surface area (Å²) in [7, 11) is 0. The van der Waals surface area contributed by atoms with E-state index in [0.29, 0.717) is 18.9 Å². The first-order valence-electron chi connectivity index (χ1n) is 8.48. The van der Waals surface area contributed by atoms with E-state index in [1.54, 1.807) is 0 Å². The van der Waals surface area contributed by atoms with Gasteiger partial charge in [0.1, 0.15) is 23.8 Å². The number of rotatable bonds is 8. The van der Waals surface area contributed by atoms with E-state index >= 15 is 0 Å². The summed E-state index contributed by atoms with van der Waals surface area (Å²) in [6.07, 6.45) is -0.167. The van der Waals surface area contributed by atoms with Gasteiger partial charge in [-0.25, -0.2) is 8.78 Å². The Labute approximate surface area is 154 Å². The third-order valence-corrected chi connectivity index (χ3v) is 3.71. The monoisotopic (exact) mass is 381 g/mol. The maximum absolute atomic E-state index is 13.2. The van der Waals surface area contributed by atoms with Crippen LogP contribution in [0.5, 0.6) is 0 Å². The average molecular weight is 381 g/mol. The second-order valence-corrected chi connectivity index (χ2v) is 6.14. The fourth-order valence-corrected chi connectivity index (χ4v) is 2.46. The van der Waals surface area contributed by atoms with Crippen molar-refractivity contribution in [3.05, 3.63) is 47.2 Å². The molecule has 0 aliphatic rings. The molecule has 1 aromatic carbocycles. The maximum Gasteiger partial charge on any atom is 0.248 e. The van der Waals surface area contributed by atoms with Crippen LogP contribution in [-0.2, 0) is 16.0 Å². The van der Waals surface area contributed by atoms with Crippen LogP contribution in [-0.4, -0.2) is 28.1 Å². The third-order valence-electron chi connectivity index (χ3n) is 3.71. The molecule has 2 unspecified atom stereocenters. The summed E-state index contributed by atoms with van der Waals surface area (Å²) in [5.41, 5.74) is 0.165. The van der Waals surface area contributed by atoms with E-state index in [1.807, 2.05) is 6.92 Å². The van der Waals surface area contributed by atoms with E-state index in [2.05, 4.69) is 15.8 Å². The minimum atomic E-state index is -0.874. The highest BCUT2D eigenvalue weighted by Gasteiger charge is 2.22. The molecule has 9 heteroatoms. The lowest BCUT2D eigenvalue weighted by Crippen LogP contribution is -2.44. The number of amides is 2. The number of halogens is 2. The predicted molar refractivity (Wildman–Crippen MR) is 92.7 cm³/mol. The molecule has 0 fully saturated rings. The molecule has 2 rings (SSSR count). The van der Waals surface area contributed by atoms with Gasteiger partial charge < -0.3 is 20.3 Å². The molecule has 27 heavy (non-hydrogen) atoms. The summed E-state index contributed by atoms with van der Waals surface area (Å²) >= 11 is 0. The van der Waals surface area contributed by atoms with E-state index < -0.39 is 35.6 Å². The van der Waals surface area contributed by atoms with Gasteiger partial charge >= 0.3 is 0 Å². The number of aliphatic hydroxyl groups is 1. The molecule has 7 nitrogen and oxygen atoms in total. The molecule has 146 valence electrons. The minimum Gasteiger partial charge on any atom is -0.385 e. The Hall–Kier alpha value is -2.81. The molecule has 1 heterocycles. The zero-order chi connectivity index (χ0) is 20.0. The van der Waals surface area contributed by atoms with Crippen molar-refractivity contribution in [2.75, 3.05) is 5.32 Å². The van der Waals surface area contributed by atoms with Crippen molar-refractivity contribution >= 4 is 17.6 Å². The van der Waals surface area contributed by atoms with Crippen molar-refractivity contribution in [3.63, 3.8) is 0 Å². The molecule has 0 saturated carbocycles. The van der Waals surface area contributed by atoms with E-state index in [-0.39, 0.29) is 23.6 Å².